The van der Waals surface area contributed by atoms with Crippen LogP contribution in [0.1, 0.15) is 11.4 Å². The Kier molecular flexibility index (Phi) is 3.90. The average Bonchev–Trinajstić information content (AvgIpc) is 2.40. The van der Waals surface area contributed by atoms with E-state index in [1.165, 1.54) is 0 Å². The summed E-state index contributed by atoms with van der Waals surface area (Å²) in [5.74, 6) is 7.17. The van der Waals surface area contributed by atoms with Gasteiger partial charge in [0, 0.05) is 11.8 Å². The number of hydrogen-bond acceptors (Lipinski definition) is 6. The van der Waals surface area contributed by atoms with Crippen LogP contribution in [0.2, 0.25) is 0 Å². The van der Waals surface area contributed by atoms with Crippen molar-refractivity contribution in [1.29, 1.82) is 5.26 Å². The van der Waals surface area contributed by atoms with Gasteiger partial charge in [-0.3, -0.25) is 0 Å². The molecule has 96 valence electrons. The molecule has 6 nitrogen and oxygen atoms in total. The number of hydrazine groups is 1. The molecule has 0 aliphatic rings. The number of nitrogens with one attached hydrogen (secondary N) is 2. The molecule has 4 N–H and O–H groups in total. The number of nitrogens with two attached hydrogens (primary N) is 1. The SMILES string of the molecule is Cc1nc(NN)cc(Nc2ccc(CC#N)cc2)n1. The topological polar surface area (TPSA) is 99.6 Å². The van der Waals surface area contributed by atoms with Gasteiger partial charge >= 0.3 is 0 Å². The normalized spacial score (nSPS) is 9.74. The second kappa shape index (κ2) is 5.80. The van der Waals surface area contributed by atoms with E-state index in [2.05, 4.69) is 26.8 Å². The van der Waals surface area contributed by atoms with Crippen LogP contribution < -0.4 is 16.6 Å². The molecule has 0 spiro atoms. The van der Waals surface area contributed by atoms with Gasteiger partial charge in [-0.1, -0.05) is 12.1 Å². The van der Waals surface area contributed by atoms with E-state index in [-0.39, 0.29) is 0 Å². The maximum atomic E-state index is 8.61. The van der Waals surface area contributed by atoms with Gasteiger partial charge in [0.1, 0.15) is 17.5 Å². The maximum Gasteiger partial charge on any atom is 0.145 e. The zero-order valence-electron chi connectivity index (χ0n) is 10.5. The Labute approximate surface area is 111 Å². The predicted octanol–water partition coefficient (Wildman–Crippen LogP) is 1.88. The molecule has 19 heavy (non-hydrogen) atoms. The van der Waals surface area contributed by atoms with E-state index < -0.39 is 0 Å². The van der Waals surface area contributed by atoms with Crippen LogP contribution in [-0.4, -0.2) is 9.97 Å². The van der Waals surface area contributed by atoms with Crippen molar-refractivity contribution in [3.63, 3.8) is 0 Å². The van der Waals surface area contributed by atoms with Crippen LogP contribution in [0.3, 0.4) is 0 Å². The summed E-state index contributed by atoms with van der Waals surface area (Å²) in [6, 6.07) is 11.4. The van der Waals surface area contributed by atoms with E-state index in [1.807, 2.05) is 24.3 Å². The molecule has 0 bridgehead atoms. The van der Waals surface area contributed by atoms with E-state index in [9.17, 15) is 0 Å². The van der Waals surface area contributed by atoms with Gasteiger partial charge in [-0.25, -0.2) is 15.8 Å². The summed E-state index contributed by atoms with van der Waals surface area (Å²) in [6.45, 7) is 1.79. The predicted molar refractivity (Wildman–Crippen MR) is 73.6 cm³/mol. The Morgan fingerprint density at radius 1 is 1.21 bits per heavy atom. The van der Waals surface area contributed by atoms with Crippen LogP contribution >= 0.6 is 0 Å². The molecule has 0 aliphatic heterocycles. The van der Waals surface area contributed by atoms with Gasteiger partial charge in [-0.2, -0.15) is 5.26 Å². The van der Waals surface area contributed by atoms with Crippen LogP contribution in [0.15, 0.2) is 30.3 Å². The number of aromatic nitrogens is 2. The minimum Gasteiger partial charge on any atom is -0.340 e. The number of hydrogen-bond donors (Lipinski definition) is 3. The highest BCUT2D eigenvalue weighted by atomic mass is 15.3. The molecule has 0 atom stereocenters. The minimum absolute atomic E-state index is 0.411. The first-order valence-corrected chi connectivity index (χ1v) is 5.76. The van der Waals surface area contributed by atoms with Crippen molar-refractivity contribution in [3.8, 4) is 6.07 Å². The highest BCUT2D eigenvalue weighted by molar-refractivity contribution is 5.59. The van der Waals surface area contributed by atoms with E-state index in [0.717, 1.165) is 11.3 Å². The molecular weight excluding hydrogens is 240 g/mol. The molecule has 1 aromatic heterocycles. The van der Waals surface area contributed by atoms with Crippen molar-refractivity contribution in [3.05, 3.63) is 41.7 Å². The summed E-state index contributed by atoms with van der Waals surface area (Å²) in [7, 11) is 0. The van der Waals surface area contributed by atoms with E-state index in [1.54, 1.807) is 13.0 Å². The quantitative estimate of drug-likeness (QED) is 0.569. The molecule has 1 aromatic carbocycles. The third-order valence-corrected chi connectivity index (χ3v) is 2.50. The summed E-state index contributed by atoms with van der Waals surface area (Å²) in [5, 5.41) is 11.8. The fourth-order valence-corrected chi connectivity index (χ4v) is 1.65. The monoisotopic (exact) mass is 254 g/mol. The Balaban J connectivity index is 2.16. The lowest BCUT2D eigenvalue weighted by Gasteiger charge is -2.08. The molecule has 0 aliphatic carbocycles. The third-order valence-electron chi connectivity index (χ3n) is 2.50. The largest absolute Gasteiger partial charge is 0.340 e. The molecule has 2 rings (SSSR count). The summed E-state index contributed by atoms with van der Waals surface area (Å²) in [4.78, 5) is 8.37. The number of nitrogen functional groups attached to an aromatic ring is 1. The summed E-state index contributed by atoms with van der Waals surface area (Å²) in [5.41, 5.74) is 4.37. The molecule has 0 saturated heterocycles. The van der Waals surface area contributed by atoms with Gasteiger partial charge < -0.3 is 10.7 Å². The molecule has 0 amide bonds. The molecule has 0 fully saturated rings. The lowest BCUT2D eigenvalue weighted by Crippen LogP contribution is -2.10. The third kappa shape index (κ3) is 3.40. The number of nitriles is 1. The van der Waals surface area contributed by atoms with Gasteiger partial charge in [-0.15, -0.1) is 0 Å². The van der Waals surface area contributed by atoms with Gasteiger partial charge in [0.15, 0.2) is 0 Å². The van der Waals surface area contributed by atoms with Crippen molar-refractivity contribution in [2.24, 2.45) is 5.84 Å². The number of nitrogens with zero attached hydrogens (tertiary/aromatic N) is 3. The van der Waals surface area contributed by atoms with Crippen LogP contribution in [0, 0.1) is 18.3 Å². The Morgan fingerprint density at radius 3 is 2.53 bits per heavy atom. The van der Waals surface area contributed by atoms with E-state index in [0.29, 0.717) is 23.9 Å². The first-order chi connectivity index (χ1) is 9.21. The van der Waals surface area contributed by atoms with Crippen LogP contribution in [0.5, 0.6) is 0 Å². The lowest BCUT2D eigenvalue weighted by atomic mass is 10.1. The highest BCUT2D eigenvalue weighted by Gasteiger charge is 2.01. The molecule has 6 heteroatoms. The standard InChI is InChI=1S/C13H14N6/c1-9-16-12(8-13(17-9)19-15)18-11-4-2-10(3-5-11)6-7-14/h2-5,8H,6,15H2,1H3,(H2,16,17,18,19). The summed E-state index contributed by atoms with van der Waals surface area (Å²) >= 11 is 0. The first kappa shape index (κ1) is 12.8. The molecule has 1 heterocycles. The maximum absolute atomic E-state index is 8.61. The molecular formula is C13H14N6. The van der Waals surface area contributed by atoms with Crippen molar-refractivity contribution in [1.82, 2.24) is 9.97 Å². The van der Waals surface area contributed by atoms with Gasteiger partial charge in [0.05, 0.1) is 12.5 Å². The van der Waals surface area contributed by atoms with Crippen molar-refractivity contribution < 1.29 is 0 Å². The van der Waals surface area contributed by atoms with Crippen molar-refractivity contribution in [2.75, 3.05) is 10.7 Å². The van der Waals surface area contributed by atoms with Gasteiger partial charge in [0.25, 0.3) is 0 Å². The molecule has 0 unspecified atom stereocenters. The van der Waals surface area contributed by atoms with E-state index in [4.69, 9.17) is 11.1 Å². The highest BCUT2D eigenvalue weighted by Crippen LogP contribution is 2.17. The molecule has 0 radical (unpaired) electrons. The van der Waals surface area contributed by atoms with Gasteiger partial charge in [0.2, 0.25) is 0 Å². The lowest BCUT2D eigenvalue weighted by molar-refractivity contribution is 1.05. The average molecular weight is 254 g/mol. The number of aryl methyl sites for hydroxylation is 1. The fourth-order valence-electron chi connectivity index (χ4n) is 1.65. The number of anilines is 3. The summed E-state index contributed by atoms with van der Waals surface area (Å²) < 4.78 is 0. The molecule has 0 saturated carbocycles. The van der Waals surface area contributed by atoms with Crippen LogP contribution in [-0.2, 0) is 6.42 Å². The number of benzene rings is 1. The van der Waals surface area contributed by atoms with Crippen molar-refractivity contribution >= 4 is 17.3 Å². The zero-order valence-corrected chi connectivity index (χ0v) is 10.5. The Hall–Kier alpha value is -2.65. The van der Waals surface area contributed by atoms with Crippen LogP contribution in [0.4, 0.5) is 17.3 Å². The number of rotatable bonds is 4. The van der Waals surface area contributed by atoms with E-state index >= 15 is 0 Å². The second-order valence-electron chi connectivity index (χ2n) is 3.99. The Morgan fingerprint density at radius 2 is 1.89 bits per heavy atom. The van der Waals surface area contributed by atoms with Gasteiger partial charge in [-0.05, 0) is 24.6 Å². The second-order valence-corrected chi connectivity index (χ2v) is 3.99. The smallest absolute Gasteiger partial charge is 0.145 e. The fraction of sp³-hybridized carbons (Fsp3) is 0.154. The zero-order chi connectivity index (χ0) is 13.7. The first-order valence-electron chi connectivity index (χ1n) is 5.76. The molecule has 2 aromatic rings. The van der Waals surface area contributed by atoms with Crippen molar-refractivity contribution in [2.45, 2.75) is 13.3 Å². The van der Waals surface area contributed by atoms with Crippen LogP contribution in [0.25, 0.3) is 0 Å². The Bertz CT molecular complexity index is 600. The summed E-state index contributed by atoms with van der Waals surface area (Å²) in [6.07, 6.45) is 0.411. The minimum atomic E-state index is 0.411.